The summed E-state index contributed by atoms with van der Waals surface area (Å²) < 4.78 is 0. The number of benzene rings is 1. The first kappa shape index (κ1) is 13.1. The van der Waals surface area contributed by atoms with Gasteiger partial charge < -0.3 is 0 Å². The Kier molecular flexibility index (Phi) is 3.43. The van der Waals surface area contributed by atoms with Crippen LogP contribution in [0.1, 0.15) is 47.7 Å². The fraction of sp³-hybridized carbons (Fsp3) is 0.316. The molecule has 102 valence electrons. The highest BCUT2D eigenvalue weighted by atomic mass is 14.7. The van der Waals surface area contributed by atoms with E-state index in [0.29, 0.717) is 0 Å². The van der Waals surface area contributed by atoms with Gasteiger partial charge >= 0.3 is 0 Å². The van der Waals surface area contributed by atoms with Gasteiger partial charge in [0.2, 0.25) is 0 Å². The molecule has 0 saturated carbocycles. The third-order valence-electron chi connectivity index (χ3n) is 4.37. The fourth-order valence-corrected chi connectivity index (χ4v) is 3.07. The molecule has 1 heterocycles. The van der Waals surface area contributed by atoms with Crippen LogP contribution in [0, 0.1) is 13.8 Å². The van der Waals surface area contributed by atoms with Gasteiger partial charge in [-0.3, -0.25) is 4.98 Å². The van der Waals surface area contributed by atoms with Gasteiger partial charge in [-0.15, -0.1) is 0 Å². The smallest absolute Gasteiger partial charge is 0.0699 e. The zero-order valence-corrected chi connectivity index (χ0v) is 12.5. The van der Waals surface area contributed by atoms with Crippen LogP contribution in [0.4, 0.5) is 0 Å². The van der Waals surface area contributed by atoms with Gasteiger partial charge in [-0.05, 0) is 73.9 Å². The molecule has 3 rings (SSSR count). The number of rotatable bonds is 1. The molecule has 0 radical (unpaired) electrons. The Morgan fingerprint density at radius 1 is 1.00 bits per heavy atom. The summed E-state index contributed by atoms with van der Waals surface area (Å²) in [4.78, 5) is 4.67. The summed E-state index contributed by atoms with van der Waals surface area (Å²) in [6.45, 7) is 6.57. The van der Waals surface area contributed by atoms with Crippen molar-refractivity contribution in [3.63, 3.8) is 0 Å². The molecule has 0 fully saturated rings. The van der Waals surface area contributed by atoms with Gasteiger partial charge in [0.15, 0.2) is 0 Å². The standard InChI is InChI=1S/C19H21N/c1-13-7-9-16(10-8-13)15(3)18-6-4-5-17-14(2)11-12-20-19(17)18/h7-12H,4-6H2,1-3H3/b18-15+. The molecule has 0 atom stereocenters. The Hall–Kier alpha value is -1.89. The van der Waals surface area contributed by atoms with Gasteiger partial charge in [0.25, 0.3) is 0 Å². The van der Waals surface area contributed by atoms with E-state index in [1.165, 1.54) is 51.9 Å². The van der Waals surface area contributed by atoms with E-state index in [2.05, 4.69) is 56.1 Å². The lowest BCUT2D eigenvalue weighted by atomic mass is 9.85. The number of allylic oxidation sites excluding steroid dienone is 2. The third kappa shape index (κ3) is 2.29. The Labute approximate surface area is 121 Å². The highest BCUT2D eigenvalue weighted by Crippen LogP contribution is 2.36. The summed E-state index contributed by atoms with van der Waals surface area (Å²) in [6.07, 6.45) is 5.49. The monoisotopic (exact) mass is 263 g/mol. The van der Waals surface area contributed by atoms with E-state index in [1.807, 2.05) is 6.20 Å². The minimum Gasteiger partial charge on any atom is -0.256 e. The summed E-state index contributed by atoms with van der Waals surface area (Å²) in [7, 11) is 0. The average molecular weight is 263 g/mol. The first-order valence-electron chi connectivity index (χ1n) is 7.38. The maximum atomic E-state index is 4.67. The molecule has 1 aromatic heterocycles. The normalized spacial score (nSPS) is 16.8. The number of pyridine rings is 1. The van der Waals surface area contributed by atoms with Crippen LogP contribution in [0.15, 0.2) is 36.5 Å². The molecule has 1 aliphatic carbocycles. The molecule has 0 amide bonds. The molecule has 0 N–H and O–H groups in total. The topological polar surface area (TPSA) is 12.9 Å². The van der Waals surface area contributed by atoms with Crippen LogP contribution in [0.25, 0.3) is 11.1 Å². The lowest BCUT2D eigenvalue weighted by Gasteiger charge is -2.22. The molecule has 2 aromatic rings. The Morgan fingerprint density at radius 3 is 2.50 bits per heavy atom. The van der Waals surface area contributed by atoms with Crippen LogP contribution in [0.2, 0.25) is 0 Å². The lowest BCUT2D eigenvalue weighted by molar-refractivity contribution is 0.802. The number of aryl methyl sites for hydroxylation is 2. The van der Waals surface area contributed by atoms with E-state index in [4.69, 9.17) is 0 Å². The molecule has 0 spiro atoms. The number of fused-ring (bicyclic) bond motifs is 1. The van der Waals surface area contributed by atoms with Crippen LogP contribution in [-0.4, -0.2) is 4.98 Å². The van der Waals surface area contributed by atoms with E-state index in [9.17, 15) is 0 Å². The maximum Gasteiger partial charge on any atom is 0.0699 e. The van der Waals surface area contributed by atoms with Gasteiger partial charge in [0, 0.05) is 6.20 Å². The van der Waals surface area contributed by atoms with Crippen molar-refractivity contribution in [1.29, 1.82) is 0 Å². The van der Waals surface area contributed by atoms with E-state index >= 15 is 0 Å². The zero-order valence-electron chi connectivity index (χ0n) is 12.5. The van der Waals surface area contributed by atoms with Gasteiger partial charge in [-0.2, -0.15) is 0 Å². The van der Waals surface area contributed by atoms with Crippen LogP contribution in [0.5, 0.6) is 0 Å². The molecule has 0 saturated heterocycles. The number of hydrogen-bond donors (Lipinski definition) is 0. The van der Waals surface area contributed by atoms with Crippen molar-refractivity contribution in [2.45, 2.75) is 40.0 Å². The molecular formula is C19H21N. The van der Waals surface area contributed by atoms with Crippen molar-refractivity contribution in [3.05, 3.63) is 64.5 Å². The Morgan fingerprint density at radius 2 is 1.75 bits per heavy atom. The highest BCUT2D eigenvalue weighted by molar-refractivity contribution is 5.90. The molecule has 1 aromatic carbocycles. The predicted octanol–water partition coefficient (Wildman–Crippen LogP) is 4.97. The molecule has 1 aliphatic rings. The first-order chi connectivity index (χ1) is 9.66. The van der Waals surface area contributed by atoms with Crippen LogP contribution in [0.3, 0.4) is 0 Å². The lowest BCUT2D eigenvalue weighted by Crippen LogP contribution is -2.07. The van der Waals surface area contributed by atoms with Crippen molar-refractivity contribution >= 4 is 11.1 Å². The van der Waals surface area contributed by atoms with E-state index < -0.39 is 0 Å². The first-order valence-corrected chi connectivity index (χ1v) is 7.38. The van der Waals surface area contributed by atoms with Gasteiger partial charge in [0.1, 0.15) is 0 Å². The van der Waals surface area contributed by atoms with Gasteiger partial charge in [0.05, 0.1) is 5.69 Å². The minimum absolute atomic E-state index is 1.14. The second kappa shape index (κ2) is 5.24. The Bertz CT molecular complexity index is 663. The summed E-state index contributed by atoms with van der Waals surface area (Å²) in [5, 5.41) is 0. The quantitative estimate of drug-likeness (QED) is 0.708. The van der Waals surface area contributed by atoms with Crippen molar-refractivity contribution in [2.24, 2.45) is 0 Å². The molecule has 0 unspecified atom stereocenters. The van der Waals surface area contributed by atoms with E-state index in [1.54, 1.807) is 0 Å². The average Bonchev–Trinajstić information content (AvgIpc) is 2.47. The van der Waals surface area contributed by atoms with Crippen molar-refractivity contribution in [2.75, 3.05) is 0 Å². The Balaban J connectivity index is 2.13. The second-order valence-electron chi connectivity index (χ2n) is 5.78. The van der Waals surface area contributed by atoms with Crippen LogP contribution < -0.4 is 0 Å². The molecule has 1 nitrogen and oxygen atoms in total. The fourth-order valence-electron chi connectivity index (χ4n) is 3.07. The predicted molar refractivity (Wildman–Crippen MR) is 85.6 cm³/mol. The second-order valence-corrected chi connectivity index (χ2v) is 5.78. The van der Waals surface area contributed by atoms with Crippen molar-refractivity contribution in [3.8, 4) is 0 Å². The molecule has 0 bridgehead atoms. The van der Waals surface area contributed by atoms with Crippen LogP contribution in [-0.2, 0) is 6.42 Å². The van der Waals surface area contributed by atoms with Crippen LogP contribution >= 0.6 is 0 Å². The minimum atomic E-state index is 1.14. The molecular weight excluding hydrogens is 242 g/mol. The molecule has 0 aliphatic heterocycles. The van der Waals surface area contributed by atoms with E-state index in [0.717, 1.165) is 6.42 Å². The summed E-state index contributed by atoms with van der Waals surface area (Å²) >= 11 is 0. The number of hydrogen-bond acceptors (Lipinski definition) is 1. The SMILES string of the molecule is C/C(=C1/CCCc2c(C)ccnc21)c1ccc(C)cc1. The van der Waals surface area contributed by atoms with Crippen molar-refractivity contribution < 1.29 is 0 Å². The van der Waals surface area contributed by atoms with Gasteiger partial charge in [-0.1, -0.05) is 29.8 Å². The van der Waals surface area contributed by atoms with Gasteiger partial charge in [-0.25, -0.2) is 0 Å². The summed E-state index contributed by atoms with van der Waals surface area (Å²) in [5.74, 6) is 0. The maximum absolute atomic E-state index is 4.67. The van der Waals surface area contributed by atoms with Crippen molar-refractivity contribution in [1.82, 2.24) is 4.98 Å². The number of aromatic nitrogens is 1. The summed E-state index contributed by atoms with van der Waals surface area (Å²) in [5.41, 5.74) is 9.49. The zero-order chi connectivity index (χ0) is 14.1. The third-order valence-corrected chi connectivity index (χ3v) is 4.37. The van der Waals surface area contributed by atoms with E-state index in [-0.39, 0.29) is 0 Å². The highest BCUT2D eigenvalue weighted by Gasteiger charge is 2.19. The number of nitrogens with zero attached hydrogens (tertiary/aromatic N) is 1. The largest absolute Gasteiger partial charge is 0.256 e. The summed E-state index contributed by atoms with van der Waals surface area (Å²) in [6, 6.07) is 11.0. The molecule has 1 heteroatoms. The molecule has 20 heavy (non-hydrogen) atoms.